The molecule has 0 aromatic carbocycles. The quantitative estimate of drug-likeness (QED) is 0.442. The van der Waals surface area contributed by atoms with Crippen LogP contribution in [-0.2, 0) is 23.7 Å². The fourth-order valence-electron chi connectivity index (χ4n) is 0.857. The van der Waals surface area contributed by atoms with Gasteiger partial charge in [-0.25, -0.2) is 4.39 Å². The summed E-state index contributed by atoms with van der Waals surface area (Å²) < 4.78 is 36.2. The van der Waals surface area contributed by atoms with Gasteiger partial charge >= 0.3 is 0 Å². The van der Waals surface area contributed by atoms with E-state index in [1.807, 2.05) is 0 Å². The molecule has 0 N–H and O–H groups in total. The summed E-state index contributed by atoms with van der Waals surface area (Å²) in [6.07, 6.45) is 0. The molecule has 0 amide bonds. The van der Waals surface area contributed by atoms with Crippen molar-refractivity contribution in [3.63, 3.8) is 0 Å². The van der Waals surface area contributed by atoms with Gasteiger partial charge in [0.15, 0.2) is 6.86 Å². The van der Waals surface area contributed by atoms with Crippen molar-refractivity contribution in [1.29, 1.82) is 0 Å². The van der Waals surface area contributed by atoms with Crippen LogP contribution in [0.25, 0.3) is 0 Å². The molecule has 16 heavy (non-hydrogen) atoms. The smallest absolute Gasteiger partial charge is 0.188 e. The molecule has 98 valence electrons. The summed E-state index contributed by atoms with van der Waals surface area (Å²) in [5, 5.41) is 0. The SMILES string of the molecule is COCCOCCOCCOCCOCF. The maximum absolute atomic E-state index is 11.5. The lowest BCUT2D eigenvalue weighted by atomic mass is 10.7. The lowest BCUT2D eigenvalue weighted by Gasteiger charge is -2.06. The Morgan fingerprint density at radius 1 is 0.625 bits per heavy atom. The Morgan fingerprint density at radius 2 is 1.00 bits per heavy atom. The van der Waals surface area contributed by atoms with Crippen molar-refractivity contribution in [2.45, 2.75) is 0 Å². The molecule has 6 heteroatoms. The summed E-state index contributed by atoms with van der Waals surface area (Å²) in [5.74, 6) is 0. The van der Waals surface area contributed by atoms with Crippen molar-refractivity contribution in [3.8, 4) is 0 Å². The fourth-order valence-corrected chi connectivity index (χ4v) is 0.857. The molecule has 0 aliphatic carbocycles. The molecule has 0 saturated heterocycles. The molecule has 0 saturated carbocycles. The summed E-state index contributed by atoms with van der Waals surface area (Å²) in [7, 11) is 1.63. The summed E-state index contributed by atoms with van der Waals surface area (Å²) in [5.41, 5.74) is 0. The van der Waals surface area contributed by atoms with E-state index >= 15 is 0 Å². The van der Waals surface area contributed by atoms with Gasteiger partial charge in [0.05, 0.1) is 52.9 Å². The Hall–Kier alpha value is -0.270. The van der Waals surface area contributed by atoms with E-state index < -0.39 is 6.86 Å². The van der Waals surface area contributed by atoms with E-state index in [4.69, 9.17) is 18.9 Å². The third-order valence-corrected chi connectivity index (χ3v) is 1.62. The van der Waals surface area contributed by atoms with Gasteiger partial charge < -0.3 is 23.7 Å². The average Bonchev–Trinajstić information content (AvgIpc) is 2.31. The van der Waals surface area contributed by atoms with Crippen molar-refractivity contribution in [1.82, 2.24) is 0 Å². The van der Waals surface area contributed by atoms with Gasteiger partial charge in [0.1, 0.15) is 0 Å². The van der Waals surface area contributed by atoms with E-state index in [2.05, 4.69) is 4.74 Å². The second-order valence-electron chi connectivity index (χ2n) is 2.85. The Kier molecular flexibility index (Phi) is 14.5. The van der Waals surface area contributed by atoms with Gasteiger partial charge in [-0.3, -0.25) is 0 Å². The summed E-state index contributed by atoms with van der Waals surface area (Å²) >= 11 is 0. The van der Waals surface area contributed by atoms with Gasteiger partial charge in [-0.15, -0.1) is 0 Å². The van der Waals surface area contributed by atoms with Gasteiger partial charge in [-0.05, 0) is 0 Å². The highest BCUT2D eigenvalue weighted by atomic mass is 19.1. The number of hydrogen-bond donors (Lipinski definition) is 0. The zero-order valence-corrected chi connectivity index (χ0v) is 9.78. The molecule has 0 spiro atoms. The highest BCUT2D eigenvalue weighted by Crippen LogP contribution is 1.83. The monoisotopic (exact) mass is 240 g/mol. The first kappa shape index (κ1) is 15.7. The number of halogens is 1. The number of rotatable bonds is 13. The summed E-state index contributed by atoms with van der Waals surface area (Å²) in [6, 6.07) is 0. The molecule has 0 bridgehead atoms. The molecule has 5 nitrogen and oxygen atoms in total. The van der Waals surface area contributed by atoms with Crippen LogP contribution >= 0.6 is 0 Å². The van der Waals surface area contributed by atoms with Gasteiger partial charge in [-0.1, -0.05) is 0 Å². The van der Waals surface area contributed by atoms with Crippen molar-refractivity contribution < 1.29 is 28.1 Å². The minimum atomic E-state index is -0.765. The van der Waals surface area contributed by atoms with Crippen LogP contribution in [0.2, 0.25) is 0 Å². The second kappa shape index (κ2) is 14.7. The van der Waals surface area contributed by atoms with Crippen LogP contribution in [0.3, 0.4) is 0 Å². The fraction of sp³-hybridized carbons (Fsp3) is 1.00. The predicted molar refractivity (Wildman–Crippen MR) is 56.3 cm³/mol. The highest BCUT2D eigenvalue weighted by molar-refractivity contribution is 4.34. The second-order valence-corrected chi connectivity index (χ2v) is 2.85. The van der Waals surface area contributed by atoms with Crippen molar-refractivity contribution in [2.75, 3.05) is 66.8 Å². The molecular formula is C10H21FO5. The summed E-state index contributed by atoms with van der Waals surface area (Å²) in [6.45, 7) is 3.14. The van der Waals surface area contributed by atoms with Crippen molar-refractivity contribution >= 4 is 0 Å². The third-order valence-electron chi connectivity index (χ3n) is 1.62. The third kappa shape index (κ3) is 13.7. The standard InChI is InChI=1S/C10H21FO5/c1-12-2-3-13-4-5-14-6-7-15-8-9-16-10-11/h2-10H2,1H3. The van der Waals surface area contributed by atoms with E-state index in [-0.39, 0.29) is 6.61 Å². The molecule has 0 aliphatic rings. The van der Waals surface area contributed by atoms with E-state index in [0.717, 1.165) is 0 Å². The average molecular weight is 240 g/mol. The molecule has 0 aromatic heterocycles. The number of hydrogen-bond acceptors (Lipinski definition) is 5. The molecule has 0 unspecified atom stereocenters. The number of methoxy groups -OCH3 is 1. The topological polar surface area (TPSA) is 46.2 Å². The van der Waals surface area contributed by atoms with E-state index in [1.165, 1.54) is 0 Å². The van der Waals surface area contributed by atoms with Crippen LogP contribution in [0.4, 0.5) is 4.39 Å². The molecule has 0 atom stereocenters. The Morgan fingerprint density at radius 3 is 1.38 bits per heavy atom. The highest BCUT2D eigenvalue weighted by Gasteiger charge is 1.91. The Bertz CT molecular complexity index is 112. The largest absolute Gasteiger partial charge is 0.382 e. The lowest BCUT2D eigenvalue weighted by molar-refractivity contribution is -0.0185. The van der Waals surface area contributed by atoms with Gasteiger partial charge in [-0.2, -0.15) is 0 Å². The molecular weight excluding hydrogens is 219 g/mol. The van der Waals surface area contributed by atoms with Crippen LogP contribution in [0.1, 0.15) is 0 Å². The zero-order valence-electron chi connectivity index (χ0n) is 9.78. The minimum absolute atomic E-state index is 0.274. The molecule has 0 radical (unpaired) electrons. The zero-order chi connectivity index (χ0) is 11.9. The molecule has 0 aliphatic heterocycles. The van der Waals surface area contributed by atoms with Gasteiger partial charge in [0, 0.05) is 7.11 Å². The van der Waals surface area contributed by atoms with Crippen LogP contribution in [0, 0.1) is 0 Å². The van der Waals surface area contributed by atoms with Gasteiger partial charge in [0.25, 0.3) is 0 Å². The van der Waals surface area contributed by atoms with Crippen LogP contribution in [0.5, 0.6) is 0 Å². The molecule has 0 rings (SSSR count). The Balaban J connectivity index is 2.83. The van der Waals surface area contributed by atoms with Crippen molar-refractivity contribution in [2.24, 2.45) is 0 Å². The predicted octanol–water partition coefficient (Wildman–Crippen LogP) is 0.626. The van der Waals surface area contributed by atoms with Gasteiger partial charge in [0.2, 0.25) is 0 Å². The number of alkyl halides is 1. The lowest BCUT2D eigenvalue weighted by Crippen LogP contribution is -2.12. The molecule has 0 fully saturated rings. The first-order valence-electron chi connectivity index (χ1n) is 5.27. The van der Waals surface area contributed by atoms with E-state index in [9.17, 15) is 4.39 Å². The van der Waals surface area contributed by atoms with Crippen LogP contribution < -0.4 is 0 Å². The summed E-state index contributed by atoms with van der Waals surface area (Å²) in [4.78, 5) is 0. The molecule has 0 aromatic rings. The van der Waals surface area contributed by atoms with Crippen molar-refractivity contribution in [3.05, 3.63) is 0 Å². The maximum atomic E-state index is 11.5. The van der Waals surface area contributed by atoms with E-state index in [0.29, 0.717) is 46.2 Å². The van der Waals surface area contributed by atoms with Crippen LogP contribution in [0.15, 0.2) is 0 Å². The number of ether oxygens (including phenoxy) is 5. The normalized spacial score (nSPS) is 10.9. The molecule has 0 heterocycles. The maximum Gasteiger partial charge on any atom is 0.188 e. The van der Waals surface area contributed by atoms with E-state index in [1.54, 1.807) is 7.11 Å². The minimum Gasteiger partial charge on any atom is -0.382 e. The first-order valence-corrected chi connectivity index (χ1v) is 5.27. The first-order chi connectivity index (χ1) is 7.91. The Labute approximate surface area is 95.8 Å². The van der Waals surface area contributed by atoms with Crippen LogP contribution in [-0.4, -0.2) is 66.8 Å².